The molecule has 3 heterocycles. The molecule has 0 fully saturated rings. The maximum absolute atomic E-state index is 4.43. The molecule has 96 valence electrons. The van der Waals surface area contributed by atoms with Crippen LogP contribution in [-0.4, -0.2) is 36.5 Å². The molecule has 19 heavy (non-hydrogen) atoms. The average Bonchev–Trinajstić information content (AvgIpc) is 3.11. The third-order valence-electron chi connectivity index (χ3n) is 2.42. The zero-order valence-corrected chi connectivity index (χ0v) is 11.0. The number of hydrogen-bond acceptors (Lipinski definition) is 7. The SMILES string of the molecule is CNc1nc(Cc2nccs2)nc(-n2ccnc2)n1. The minimum Gasteiger partial charge on any atom is -0.357 e. The summed E-state index contributed by atoms with van der Waals surface area (Å²) < 4.78 is 1.74. The normalized spacial score (nSPS) is 10.6. The average molecular weight is 273 g/mol. The van der Waals surface area contributed by atoms with Crippen molar-refractivity contribution in [2.45, 2.75) is 6.42 Å². The first-order valence-corrected chi connectivity index (χ1v) is 6.52. The molecule has 0 atom stereocenters. The molecule has 0 spiro atoms. The summed E-state index contributed by atoms with van der Waals surface area (Å²) in [5.74, 6) is 1.76. The largest absolute Gasteiger partial charge is 0.357 e. The molecule has 0 aliphatic rings. The summed E-state index contributed by atoms with van der Waals surface area (Å²) in [5.41, 5.74) is 0. The van der Waals surface area contributed by atoms with Gasteiger partial charge in [-0.3, -0.25) is 4.57 Å². The summed E-state index contributed by atoms with van der Waals surface area (Å²) in [5, 5.41) is 5.85. The number of rotatable bonds is 4. The van der Waals surface area contributed by atoms with Gasteiger partial charge in [0.2, 0.25) is 11.9 Å². The van der Waals surface area contributed by atoms with Crippen molar-refractivity contribution in [3.8, 4) is 5.95 Å². The highest BCUT2D eigenvalue weighted by Gasteiger charge is 2.09. The van der Waals surface area contributed by atoms with E-state index < -0.39 is 0 Å². The summed E-state index contributed by atoms with van der Waals surface area (Å²) in [6, 6.07) is 0. The number of thiazole rings is 1. The Balaban J connectivity index is 1.98. The van der Waals surface area contributed by atoms with E-state index in [2.05, 4.69) is 30.2 Å². The zero-order chi connectivity index (χ0) is 13.1. The molecule has 7 nitrogen and oxygen atoms in total. The van der Waals surface area contributed by atoms with Gasteiger partial charge in [-0.15, -0.1) is 11.3 Å². The zero-order valence-electron chi connectivity index (χ0n) is 10.2. The van der Waals surface area contributed by atoms with Crippen LogP contribution in [0.2, 0.25) is 0 Å². The maximum Gasteiger partial charge on any atom is 0.239 e. The molecule has 0 amide bonds. The predicted octanol–water partition coefficient (Wildman–Crippen LogP) is 1.15. The fourth-order valence-corrected chi connectivity index (χ4v) is 2.18. The molecule has 1 N–H and O–H groups in total. The number of nitrogens with zero attached hydrogens (tertiary/aromatic N) is 6. The van der Waals surface area contributed by atoms with Crippen LogP contribution in [0.5, 0.6) is 0 Å². The van der Waals surface area contributed by atoms with E-state index in [0.29, 0.717) is 24.1 Å². The molecular formula is C11H11N7S. The van der Waals surface area contributed by atoms with Gasteiger partial charge in [-0.1, -0.05) is 0 Å². The van der Waals surface area contributed by atoms with E-state index in [4.69, 9.17) is 0 Å². The molecule has 0 saturated carbocycles. The Hall–Kier alpha value is -2.35. The first-order chi connectivity index (χ1) is 9.35. The Morgan fingerprint density at radius 2 is 2.21 bits per heavy atom. The van der Waals surface area contributed by atoms with Crippen LogP contribution in [0.15, 0.2) is 30.3 Å². The lowest BCUT2D eigenvalue weighted by Gasteiger charge is -2.05. The summed E-state index contributed by atoms with van der Waals surface area (Å²) in [7, 11) is 1.78. The molecule has 3 aromatic rings. The summed E-state index contributed by atoms with van der Waals surface area (Å²) in [4.78, 5) is 21.3. The van der Waals surface area contributed by atoms with Crippen molar-refractivity contribution in [2.75, 3.05) is 12.4 Å². The van der Waals surface area contributed by atoms with Crippen molar-refractivity contribution in [1.29, 1.82) is 0 Å². The minimum atomic E-state index is 0.533. The molecule has 0 aliphatic heterocycles. The van der Waals surface area contributed by atoms with Crippen LogP contribution in [-0.2, 0) is 6.42 Å². The van der Waals surface area contributed by atoms with Gasteiger partial charge in [0.1, 0.15) is 17.2 Å². The van der Waals surface area contributed by atoms with E-state index in [1.54, 1.807) is 47.9 Å². The van der Waals surface area contributed by atoms with Crippen molar-refractivity contribution in [2.24, 2.45) is 0 Å². The summed E-state index contributed by atoms with van der Waals surface area (Å²) in [6.45, 7) is 0. The van der Waals surface area contributed by atoms with Crippen LogP contribution in [0, 0.1) is 0 Å². The lowest BCUT2D eigenvalue weighted by molar-refractivity contribution is 0.844. The second-order valence-corrected chi connectivity index (χ2v) is 4.68. The van der Waals surface area contributed by atoms with Crippen molar-refractivity contribution >= 4 is 17.3 Å². The molecule has 0 radical (unpaired) electrons. The highest BCUT2D eigenvalue weighted by atomic mass is 32.1. The highest BCUT2D eigenvalue weighted by Crippen LogP contribution is 2.11. The van der Waals surface area contributed by atoms with E-state index in [-0.39, 0.29) is 0 Å². The molecule has 3 aromatic heterocycles. The van der Waals surface area contributed by atoms with Gasteiger partial charge >= 0.3 is 0 Å². The molecule has 0 unspecified atom stereocenters. The topological polar surface area (TPSA) is 81.4 Å². The second kappa shape index (κ2) is 5.11. The molecule has 3 rings (SSSR count). The molecule has 0 bridgehead atoms. The van der Waals surface area contributed by atoms with E-state index >= 15 is 0 Å². The molecular weight excluding hydrogens is 262 g/mol. The molecule has 0 aliphatic carbocycles. The van der Waals surface area contributed by atoms with Crippen LogP contribution in [0.3, 0.4) is 0 Å². The maximum atomic E-state index is 4.43. The number of hydrogen-bond donors (Lipinski definition) is 1. The van der Waals surface area contributed by atoms with Gasteiger partial charge in [0.15, 0.2) is 0 Å². The second-order valence-electron chi connectivity index (χ2n) is 3.70. The van der Waals surface area contributed by atoms with Gasteiger partial charge in [0.05, 0.1) is 6.42 Å². The standard InChI is InChI=1S/C11H11N7S/c1-12-10-15-8(6-9-14-3-5-19-9)16-11(17-10)18-4-2-13-7-18/h2-5,7H,6H2,1H3,(H,12,15,16,17). The number of imidazole rings is 1. The van der Waals surface area contributed by atoms with Crippen molar-refractivity contribution in [3.63, 3.8) is 0 Å². The third kappa shape index (κ3) is 2.58. The lowest BCUT2D eigenvalue weighted by Crippen LogP contribution is -2.09. The smallest absolute Gasteiger partial charge is 0.239 e. The van der Waals surface area contributed by atoms with Crippen LogP contribution in [0.4, 0.5) is 5.95 Å². The fourth-order valence-electron chi connectivity index (χ4n) is 1.57. The number of nitrogens with one attached hydrogen (secondary N) is 1. The van der Waals surface area contributed by atoms with E-state index in [9.17, 15) is 0 Å². The van der Waals surface area contributed by atoms with Gasteiger partial charge in [-0.2, -0.15) is 15.0 Å². The summed E-state index contributed by atoms with van der Waals surface area (Å²) >= 11 is 1.58. The van der Waals surface area contributed by atoms with Gasteiger partial charge in [-0.05, 0) is 0 Å². The van der Waals surface area contributed by atoms with Crippen LogP contribution < -0.4 is 5.32 Å². The number of aromatic nitrogens is 6. The monoisotopic (exact) mass is 273 g/mol. The predicted molar refractivity (Wildman–Crippen MR) is 71.4 cm³/mol. The summed E-state index contributed by atoms with van der Waals surface area (Å²) in [6.07, 6.45) is 7.50. The number of anilines is 1. The Labute approximate surface area is 113 Å². The lowest BCUT2D eigenvalue weighted by atomic mass is 10.4. The van der Waals surface area contributed by atoms with E-state index in [1.165, 1.54) is 0 Å². The van der Waals surface area contributed by atoms with Gasteiger partial charge in [0, 0.05) is 31.0 Å². The van der Waals surface area contributed by atoms with Crippen molar-refractivity contribution in [1.82, 2.24) is 29.5 Å². The van der Waals surface area contributed by atoms with E-state index in [1.807, 2.05) is 5.38 Å². The van der Waals surface area contributed by atoms with Crippen molar-refractivity contribution < 1.29 is 0 Å². The van der Waals surface area contributed by atoms with Crippen LogP contribution >= 0.6 is 11.3 Å². The fraction of sp³-hybridized carbons (Fsp3) is 0.182. The van der Waals surface area contributed by atoms with Gasteiger partial charge in [0.25, 0.3) is 0 Å². The molecule has 8 heteroatoms. The Kier molecular flexibility index (Phi) is 3.15. The first-order valence-electron chi connectivity index (χ1n) is 5.64. The third-order valence-corrected chi connectivity index (χ3v) is 3.20. The Morgan fingerprint density at radius 3 is 2.89 bits per heavy atom. The van der Waals surface area contributed by atoms with Gasteiger partial charge in [-0.25, -0.2) is 9.97 Å². The highest BCUT2D eigenvalue weighted by molar-refractivity contribution is 7.09. The molecule has 0 saturated heterocycles. The van der Waals surface area contributed by atoms with E-state index in [0.717, 1.165) is 5.01 Å². The quantitative estimate of drug-likeness (QED) is 0.768. The van der Waals surface area contributed by atoms with Crippen LogP contribution in [0.1, 0.15) is 10.8 Å². The Bertz CT molecular complexity index is 648. The van der Waals surface area contributed by atoms with Gasteiger partial charge < -0.3 is 5.32 Å². The van der Waals surface area contributed by atoms with Crippen molar-refractivity contribution in [3.05, 3.63) is 41.1 Å². The minimum absolute atomic E-state index is 0.533. The Morgan fingerprint density at radius 1 is 1.26 bits per heavy atom. The first kappa shape index (κ1) is 11.7. The van der Waals surface area contributed by atoms with Crippen LogP contribution in [0.25, 0.3) is 5.95 Å². The molecule has 0 aromatic carbocycles.